The topological polar surface area (TPSA) is 78.4 Å². The largest absolute Gasteiger partial charge is 0.480 e. The van der Waals surface area contributed by atoms with Gasteiger partial charge in [0.15, 0.2) is 0 Å². The third kappa shape index (κ3) is 5.28. The average molecular weight is 285 g/mol. The number of carbonyl (C=O) groups is 2. The summed E-state index contributed by atoms with van der Waals surface area (Å²) < 4.78 is 0. The molecule has 0 aliphatic carbocycles. The maximum Gasteiger partial charge on any atom is 0.323 e. The highest BCUT2D eigenvalue weighted by atomic mass is 35.5. The van der Waals surface area contributed by atoms with Gasteiger partial charge in [-0.2, -0.15) is 0 Å². The van der Waals surface area contributed by atoms with Crippen molar-refractivity contribution in [1.29, 1.82) is 0 Å². The van der Waals surface area contributed by atoms with Crippen molar-refractivity contribution >= 4 is 29.2 Å². The summed E-state index contributed by atoms with van der Waals surface area (Å²) in [5, 5.41) is 14.9. The molecule has 0 heterocycles. The van der Waals surface area contributed by atoms with Crippen LogP contribution in [0.1, 0.15) is 20.3 Å². The molecule has 0 fully saturated rings. The number of carbonyl (C=O) groups excluding carboxylic acids is 1. The molecule has 1 rings (SSSR count). The molecule has 5 nitrogen and oxygen atoms in total. The molecule has 6 heteroatoms. The maximum absolute atomic E-state index is 11.6. The second-order valence-electron chi connectivity index (χ2n) is 4.67. The van der Waals surface area contributed by atoms with Gasteiger partial charge in [-0.25, -0.2) is 0 Å². The van der Waals surface area contributed by atoms with E-state index in [1.165, 1.54) is 0 Å². The molecule has 0 saturated heterocycles. The van der Waals surface area contributed by atoms with E-state index < -0.39 is 11.5 Å². The number of rotatable bonds is 6. The molecule has 0 spiro atoms. The molecular weight excluding hydrogens is 268 g/mol. The Bertz CT molecular complexity index is 475. The van der Waals surface area contributed by atoms with Crippen LogP contribution in [0.15, 0.2) is 24.3 Å². The molecule has 0 bridgehead atoms. The second kappa shape index (κ2) is 6.54. The van der Waals surface area contributed by atoms with Gasteiger partial charge in [0.1, 0.15) is 5.54 Å². The Morgan fingerprint density at radius 2 is 2.05 bits per heavy atom. The maximum atomic E-state index is 11.6. The SMILES string of the molecule is CC(C)(NCCC(=O)Nc1cccc(Cl)c1)C(=O)O. The predicted molar refractivity (Wildman–Crippen MR) is 74.4 cm³/mol. The zero-order valence-corrected chi connectivity index (χ0v) is 11.6. The molecule has 0 atom stereocenters. The zero-order chi connectivity index (χ0) is 14.5. The summed E-state index contributed by atoms with van der Waals surface area (Å²) in [7, 11) is 0. The lowest BCUT2D eigenvalue weighted by Crippen LogP contribution is -2.47. The van der Waals surface area contributed by atoms with Gasteiger partial charge >= 0.3 is 5.97 Å². The fraction of sp³-hybridized carbons (Fsp3) is 0.385. The summed E-state index contributed by atoms with van der Waals surface area (Å²) >= 11 is 5.80. The van der Waals surface area contributed by atoms with E-state index in [0.717, 1.165) is 0 Å². The number of amides is 1. The van der Waals surface area contributed by atoms with Crippen LogP contribution in [0, 0.1) is 0 Å². The average Bonchev–Trinajstić information content (AvgIpc) is 2.28. The number of aliphatic carboxylic acids is 1. The Balaban J connectivity index is 2.39. The molecule has 0 aliphatic rings. The molecule has 0 saturated carbocycles. The quantitative estimate of drug-likeness (QED) is 0.748. The van der Waals surface area contributed by atoms with Crippen molar-refractivity contribution in [3.63, 3.8) is 0 Å². The Labute approximate surface area is 117 Å². The van der Waals surface area contributed by atoms with Crippen LogP contribution in [0.4, 0.5) is 5.69 Å². The lowest BCUT2D eigenvalue weighted by Gasteiger charge is -2.20. The van der Waals surface area contributed by atoms with Crippen LogP contribution in [0.5, 0.6) is 0 Å². The number of nitrogens with one attached hydrogen (secondary N) is 2. The highest BCUT2D eigenvalue weighted by Crippen LogP contribution is 2.14. The minimum absolute atomic E-state index is 0.184. The predicted octanol–water partition coefficient (Wildman–Crippen LogP) is 2.12. The highest BCUT2D eigenvalue weighted by Gasteiger charge is 2.25. The molecule has 1 amide bonds. The van der Waals surface area contributed by atoms with Crippen LogP contribution in [0.3, 0.4) is 0 Å². The molecule has 0 aliphatic heterocycles. The first-order valence-electron chi connectivity index (χ1n) is 5.85. The zero-order valence-electron chi connectivity index (χ0n) is 10.9. The van der Waals surface area contributed by atoms with E-state index in [0.29, 0.717) is 10.7 Å². The van der Waals surface area contributed by atoms with E-state index in [2.05, 4.69) is 10.6 Å². The van der Waals surface area contributed by atoms with E-state index in [1.807, 2.05) is 0 Å². The van der Waals surface area contributed by atoms with E-state index in [-0.39, 0.29) is 18.9 Å². The Morgan fingerprint density at radius 1 is 1.37 bits per heavy atom. The monoisotopic (exact) mass is 284 g/mol. The van der Waals surface area contributed by atoms with Gasteiger partial charge in [-0.15, -0.1) is 0 Å². The van der Waals surface area contributed by atoms with E-state index in [4.69, 9.17) is 16.7 Å². The molecule has 3 N–H and O–H groups in total. The van der Waals surface area contributed by atoms with Crippen LogP contribution < -0.4 is 10.6 Å². The van der Waals surface area contributed by atoms with Gasteiger partial charge < -0.3 is 15.7 Å². The molecule has 0 unspecified atom stereocenters. The summed E-state index contributed by atoms with van der Waals surface area (Å²) in [4.78, 5) is 22.5. The van der Waals surface area contributed by atoms with Crippen molar-refractivity contribution in [2.75, 3.05) is 11.9 Å². The first-order valence-corrected chi connectivity index (χ1v) is 6.23. The van der Waals surface area contributed by atoms with Gasteiger partial charge in [0.2, 0.25) is 5.91 Å². The van der Waals surface area contributed by atoms with Crippen molar-refractivity contribution in [2.24, 2.45) is 0 Å². The Morgan fingerprint density at radius 3 is 2.63 bits per heavy atom. The number of benzene rings is 1. The van der Waals surface area contributed by atoms with E-state index in [1.54, 1.807) is 38.1 Å². The smallest absolute Gasteiger partial charge is 0.323 e. The van der Waals surface area contributed by atoms with Crippen LogP contribution in [0.25, 0.3) is 0 Å². The molecule has 0 radical (unpaired) electrons. The second-order valence-corrected chi connectivity index (χ2v) is 5.10. The number of anilines is 1. The van der Waals surface area contributed by atoms with Crippen molar-refractivity contribution in [2.45, 2.75) is 25.8 Å². The standard InChI is InChI=1S/C13H17ClN2O3/c1-13(2,12(18)19)15-7-6-11(17)16-10-5-3-4-9(14)8-10/h3-5,8,15H,6-7H2,1-2H3,(H,16,17)(H,18,19). The fourth-order valence-electron chi connectivity index (χ4n) is 1.35. The van der Waals surface area contributed by atoms with Gasteiger partial charge in [-0.05, 0) is 32.0 Å². The van der Waals surface area contributed by atoms with Crippen LogP contribution in [0.2, 0.25) is 5.02 Å². The van der Waals surface area contributed by atoms with Crippen molar-refractivity contribution in [3.8, 4) is 0 Å². The van der Waals surface area contributed by atoms with Gasteiger partial charge in [0, 0.05) is 23.7 Å². The number of hydrogen-bond acceptors (Lipinski definition) is 3. The first-order chi connectivity index (χ1) is 8.81. The minimum atomic E-state index is -1.05. The van der Waals surface area contributed by atoms with Gasteiger partial charge in [0.25, 0.3) is 0 Å². The number of halogens is 1. The van der Waals surface area contributed by atoms with Crippen LogP contribution in [-0.4, -0.2) is 29.1 Å². The Kier molecular flexibility index (Phi) is 5.32. The molecule has 1 aromatic carbocycles. The summed E-state index contributed by atoms with van der Waals surface area (Å²) in [6, 6.07) is 6.84. The van der Waals surface area contributed by atoms with Crippen LogP contribution in [-0.2, 0) is 9.59 Å². The summed E-state index contributed by atoms with van der Waals surface area (Å²) in [6.45, 7) is 3.38. The molecule has 104 valence electrons. The van der Waals surface area contributed by atoms with Crippen molar-refractivity contribution in [1.82, 2.24) is 5.32 Å². The van der Waals surface area contributed by atoms with Crippen molar-refractivity contribution in [3.05, 3.63) is 29.3 Å². The Hall–Kier alpha value is -1.59. The third-order valence-electron chi connectivity index (χ3n) is 2.56. The lowest BCUT2D eigenvalue weighted by atomic mass is 10.1. The molecule has 19 heavy (non-hydrogen) atoms. The molecular formula is C13H17ClN2O3. The van der Waals surface area contributed by atoms with Gasteiger partial charge in [-0.3, -0.25) is 9.59 Å². The number of carboxylic acids is 1. The number of hydrogen-bond donors (Lipinski definition) is 3. The summed E-state index contributed by atoms with van der Waals surface area (Å²) in [5.41, 5.74) is -0.425. The molecule has 0 aromatic heterocycles. The third-order valence-corrected chi connectivity index (χ3v) is 2.80. The molecule has 1 aromatic rings. The fourth-order valence-corrected chi connectivity index (χ4v) is 1.54. The number of carboxylic acid groups (broad SMARTS) is 1. The highest BCUT2D eigenvalue weighted by molar-refractivity contribution is 6.30. The normalized spacial score (nSPS) is 11.1. The van der Waals surface area contributed by atoms with Gasteiger partial charge in [-0.1, -0.05) is 17.7 Å². The van der Waals surface area contributed by atoms with E-state index >= 15 is 0 Å². The minimum Gasteiger partial charge on any atom is -0.480 e. The summed E-state index contributed by atoms with van der Waals surface area (Å²) in [5.74, 6) is -1.15. The van der Waals surface area contributed by atoms with Crippen LogP contribution >= 0.6 is 11.6 Å². The van der Waals surface area contributed by atoms with E-state index in [9.17, 15) is 9.59 Å². The lowest BCUT2D eigenvalue weighted by molar-refractivity contribution is -0.143. The first kappa shape index (κ1) is 15.5. The van der Waals surface area contributed by atoms with Crippen molar-refractivity contribution < 1.29 is 14.7 Å². The summed E-state index contributed by atoms with van der Waals surface area (Å²) in [6.07, 6.45) is 0.184. The van der Waals surface area contributed by atoms with Gasteiger partial charge in [0.05, 0.1) is 0 Å².